The number of carboxylic acids is 1. The summed E-state index contributed by atoms with van der Waals surface area (Å²) in [5.74, 6) is 2.14. The molecule has 3 aromatic carbocycles. The van der Waals surface area contributed by atoms with E-state index in [0.29, 0.717) is 52.4 Å². The number of ether oxygens (including phenoxy) is 4. The highest BCUT2D eigenvalue weighted by molar-refractivity contribution is 7.20. The number of hydrogen-bond donors (Lipinski definition) is 1. The maximum atomic E-state index is 12.3. The third kappa shape index (κ3) is 5.21. The maximum Gasteiger partial charge on any atom is 0.336 e. The molecule has 200 valence electrons. The second-order valence-corrected chi connectivity index (χ2v) is 10.3. The van der Waals surface area contributed by atoms with E-state index in [2.05, 4.69) is 17.1 Å². The predicted molar refractivity (Wildman–Crippen MR) is 155 cm³/mol. The van der Waals surface area contributed by atoms with Gasteiger partial charge >= 0.3 is 5.97 Å². The summed E-state index contributed by atoms with van der Waals surface area (Å²) in [6.07, 6.45) is 4.78. The lowest BCUT2D eigenvalue weighted by molar-refractivity contribution is -0.130. The number of carboxylic acid groups (broad SMARTS) is 1. The lowest BCUT2D eigenvalue weighted by Gasteiger charge is -2.13. The minimum atomic E-state index is -1.05. The molecule has 0 saturated carbocycles. The van der Waals surface area contributed by atoms with E-state index in [0.717, 1.165) is 15.6 Å². The van der Waals surface area contributed by atoms with E-state index >= 15 is 0 Å². The minimum Gasteiger partial charge on any atom is -0.497 e. The van der Waals surface area contributed by atoms with Gasteiger partial charge in [-0.25, -0.2) is 4.79 Å². The van der Waals surface area contributed by atoms with E-state index in [9.17, 15) is 9.90 Å². The molecule has 2 aromatic heterocycles. The van der Waals surface area contributed by atoms with Gasteiger partial charge in [-0.15, -0.1) is 11.3 Å². The standard InChI is InChI=1S/C32H25NO6S/c1-36-23-7-9-24(10-8-23)39-31-26-15-27-28(38-19-22(18-37-27)20-5-3-2-4-6-20)17-29(26)40-30(31)16-25(32(34)35)21-11-13-33-14-12-21/h2-17,22H,18-19H2,1H3,(H,34,35). The molecule has 7 nitrogen and oxygen atoms in total. The first-order chi connectivity index (χ1) is 19.6. The minimum absolute atomic E-state index is 0.0960. The Morgan fingerprint density at radius 2 is 1.62 bits per heavy atom. The summed E-state index contributed by atoms with van der Waals surface area (Å²) in [5.41, 5.74) is 1.84. The first-order valence-electron chi connectivity index (χ1n) is 12.7. The fourth-order valence-electron chi connectivity index (χ4n) is 4.57. The number of rotatable bonds is 7. The van der Waals surface area contributed by atoms with E-state index in [1.807, 2.05) is 54.6 Å². The molecule has 8 heteroatoms. The lowest BCUT2D eigenvalue weighted by atomic mass is 10.0. The van der Waals surface area contributed by atoms with Crippen LogP contribution in [0.15, 0.2) is 91.3 Å². The summed E-state index contributed by atoms with van der Waals surface area (Å²) in [7, 11) is 1.60. The van der Waals surface area contributed by atoms with Crippen LogP contribution in [0.2, 0.25) is 0 Å². The Morgan fingerprint density at radius 3 is 2.30 bits per heavy atom. The molecule has 1 aliphatic heterocycles. The second-order valence-electron chi connectivity index (χ2n) is 9.20. The summed E-state index contributed by atoms with van der Waals surface area (Å²) in [4.78, 5) is 16.9. The molecule has 1 aliphatic rings. The van der Waals surface area contributed by atoms with Crippen LogP contribution in [-0.4, -0.2) is 36.4 Å². The van der Waals surface area contributed by atoms with Crippen LogP contribution < -0.4 is 18.9 Å². The third-order valence-corrected chi connectivity index (χ3v) is 7.74. The summed E-state index contributed by atoms with van der Waals surface area (Å²) >= 11 is 1.43. The smallest absolute Gasteiger partial charge is 0.336 e. The van der Waals surface area contributed by atoms with Crippen molar-refractivity contribution >= 4 is 39.0 Å². The summed E-state index contributed by atoms with van der Waals surface area (Å²) < 4.78 is 25.0. The molecular weight excluding hydrogens is 526 g/mol. The van der Waals surface area contributed by atoms with Gasteiger partial charge in [0.2, 0.25) is 0 Å². The number of aromatic nitrogens is 1. The number of benzene rings is 3. The number of fused-ring (bicyclic) bond motifs is 2. The van der Waals surface area contributed by atoms with Gasteiger partial charge in [-0.05, 0) is 59.7 Å². The highest BCUT2D eigenvalue weighted by Crippen LogP contribution is 2.47. The molecule has 0 fully saturated rings. The topological polar surface area (TPSA) is 87.1 Å². The highest BCUT2D eigenvalue weighted by atomic mass is 32.1. The molecule has 5 aromatic rings. The average molecular weight is 552 g/mol. The van der Waals surface area contributed by atoms with Crippen LogP contribution in [0.3, 0.4) is 0 Å². The van der Waals surface area contributed by atoms with Crippen molar-refractivity contribution in [2.45, 2.75) is 5.92 Å². The van der Waals surface area contributed by atoms with E-state index in [-0.39, 0.29) is 11.5 Å². The fourth-order valence-corrected chi connectivity index (χ4v) is 5.65. The molecule has 3 heterocycles. The van der Waals surface area contributed by atoms with Crippen LogP contribution in [0.4, 0.5) is 0 Å². The molecule has 1 N–H and O–H groups in total. The molecule has 6 rings (SSSR count). The average Bonchev–Trinajstić information content (AvgIpc) is 3.17. The Kier molecular flexibility index (Phi) is 7.08. The summed E-state index contributed by atoms with van der Waals surface area (Å²) in [6.45, 7) is 0.959. The van der Waals surface area contributed by atoms with Crippen molar-refractivity contribution in [1.29, 1.82) is 0 Å². The maximum absolute atomic E-state index is 12.3. The molecule has 0 bridgehead atoms. The Hall–Kier alpha value is -4.82. The Bertz CT molecular complexity index is 1680. The molecule has 0 aliphatic carbocycles. The van der Waals surface area contributed by atoms with E-state index in [1.54, 1.807) is 37.7 Å². The van der Waals surface area contributed by atoms with Gasteiger partial charge in [0.25, 0.3) is 0 Å². The first-order valence-corrected chi connectivity index (χ1v) is 13.5. The molecule has 1 atom stereocenters. The summed E-state index contributed by atoms with van der Waals surface area (Å²) in [5, 5.41) is 10.8. The van der Waals surface area contributed by atoms with Crippen LogP contribution >= 0.6 is 11.3 Å². The number of methoxy groups -OCH3 is 1. The van der Waals surface area contributed by atoms with Gasteiger partial charge in [-0.1, -0.05) is 30.3 Å². The quantitative estimate of drug-likeness (QED) is 0.213. The van der Waals surface area contributed by atoms with Gasteiger partial charge in [0.05, 0.1) is 36.7 Å². The Labute approximate surface area is 234 Å². The first kappa shape index (κ1) is 25.5. The van der Waals surface area contributed by atoms with Gasteiger partial charge in [0.15, 0.2) is 17.2 Å². The fraction of sp³-hybridized carbons (Fsp3) is 0.125. The van der Waals surface area contributed by atoms with Gasteiger partial charge in [-0.3, -0.25) is 4.98 Å². The summed E-state index contributed by atoms with van der Waals surface area (Å²) in [6, 6.07) is 24.6. The van der Waals surface area contributed by atoms with Crippen molar-refractivity contribution in [3.05, 3.63) is 107 Å². The molecule has 1 unspecified atom stereocenters. The molecular formula is C32H25NO6S. The number of aliphatic carboxylic acids is 1. The van der Waals surface area contributed by atoms with Crippen LogP contribution in [0.25, 0.3) is 21.7 Å². The molecule has 0 radical (unpaired) electrons. The van der Waals surface area contributed by atoms with Crippen LogP contribution in [0.5, 0.6) is 28.7 Å². The monoisotopic (exact) mass is 551 g/mol. The molecule has 0 amide bonds. The Morgan fingerprint density at radius 1 is 0.950 bits per heavy atom. The van der Waals surface area contributed by atoms with Gasteiger partial charge in [0, 0.05) is 28.5 Å². The van der Waals surface area contributed by atoms with Gasteiger partial charge < -0.3 is 24.1 Å². The zero-order chi connectivity index (χ0) is 27.5. The van der Waals surface area contributed by atoms with Crippen LogP contribution in [-0.2, 0) is 4.79 Å². The van der Waals surface area contributed by atoms with E-state index in [4.69, 9.17) is 18.9 Å². The zero-order valence-corrected chi connectivity index (χ0v) is 22.4. The van der Waals surface area contributed by atoms with Crippen molar-refractivity contribution in [2.24, 2.45) is 0 Å². The van der Waals surface area contributed by atoms with Crippen molar-refractivity contribution in [3.8, 4) is 28.7 Å². The van der Waals surface area contributed by atoms with Crippen molar-refractivity contribution in [1.82, 2.24) is 4.98 Å². The van der Waals surface area contributed by atoms with Crippen molar-refractivity contribution in [2.75, 3.05) is 20.3 Å². The molecule has 40 heavy (non-hydrogen) atoms. The second kappa shape index (κ2) is 11.1. The largest absolute Gasteiger partial charge is 0.497 e. The Balaban J connectivity index is 1.44. The number of pyridine rings is 1. The third-order valence-electron chi connectivity index (χ3n) is 6.66. The van der Waals surface area contributed by atoms with Crippen molar-refractivity contribution in [3.63, 3.8) is 0 Å². The molecule has 0 saturated heterocycles. The number of hydrogen-bond acceptors (Lipinski definition) is 7. The van der Waals surface area contributed by atoms with E-state index < -0.39 is 5.97 Å². The number of carbonyl (C=O) groups is 1. The van der Waals surface area contributed by atoms with Gasteiger partial charge in [0.1, 0.15) is 11.5 Å². The predicted octanol–water partition coefficient (Wildman–Crippen LogP) is 7.28. The van der Waals surface area contributed by atoms with E-state index in [1.165, 1.54) is 11.3 Å². The van der Waals surface area contributed by atoms with Crippen LogP contribution in [0, 0.1) is 0 Å². The van der Waals surface area contributed by atoms with Crippen molar-refractivity contribution < 1.29 is 28.8 Å². The highest BCUT2D eigenvalue weighted by Gasteiger charge is 2.24. The number of nitrogens with zero attached hydrogens (tertiary/aromatic N) is 1. The molecule has 0 spiro atoms. The normalized spacial score (nSPS) is 14.9. The SMILES string of the molecule is COc1ccc(Oc2c(C=C(C(=O)O)c3ccncc3)sc3cc4c(cc23)OCC(c2ccccc2)CO4)cc1. The zero-order valence-electron chi connectivity index (χ0n) is 21.6. The number of thiophene rings is 1. The van der Waals surface area contributed by atoms with Crippen LogP contribution in [0.1, 0.15) is 21.9 Å². The lowest BCUT2D eigenvalue weighted by Crippen LogP contribution is -2.14. The van der Waals surface area contributed by atoms with Gasteiger partial charge in [-0.2, -0.15) is 0 Å².